The molecule has 0 unspecified atom stereocenters. The van der Waals surface area contributed by atoms with Gasteiger partial charge >= 0.3 is 12.3 Å². The Morgan fingerprint density at radius 3 is 2.68 bits per heavy atom. The van der Waals surface area contributed by atoms with Crippen molar-refractivity contribution in [1.29, 1.82) is 0 Å². The number of methoxy groups -OCH3 is 1. The van der Waals surface area contributed by atoms with Gasteiger partial charge in [0, 0.05) is 26.2 Å². The molecule has 2 aromatic rings. The van der Waals surface area contributed by atoms with E-state index in [2.05, 4.69) is 15.5 Å². The highest BCUT2D eigenvalue weighted by Gasteiger charge is 2.34. The average molecular weight is 535 g/mol. The quantitative estimate of drug-likeness (QED) is 0.477. The van der Waals surface area contributed by atoms with E-state index in [9.17, 15) is 18.0 Å². The summed E-state index contributed by atoms with van der Waals surface area (Å²) in [5.74, 6) is 0.567. The summed E-state index contributed by atoms with van der Waals surface area (Å²) in [5, 5.41) is 12.2. The third kappa shape index (κ3) is 6.75. The van der Waals surface area contributed by atoms with Crippen LogP contribution in [0.1, 0.15) is 56.7 Å². The normalized spacial score (nSPS) is 18.5. The number of likely N-dealkylation sites (tertiary alicyclic amines) is 1. The SMILES string of the molecule is COCOc1cc(C(F)(F)F)cc2c1-c1nnc(N[C@@H]3CCCN(C(=O)OC(C)(C)C)C3)cc1CC/C=C\2. The van der Waals surface area contributed by atoms with E-state index in [1.807, 2.05) is 32.9 Å². The van der Waals surface area contributed by atoms with Gasteiger partial charge in [-0.3, -0.25) is 0 Å². The monoisotopic (exact) mass is 534 g/mol. The summed E-state index contributed by atoms with van der Waals surface area (Å²) in [6.07, 6.45) is 1.52. The van der Waals surface area contributed by atoms with Crippen LogP contribution in [0.15, 0.2) is 24.3 Å². The van der Waals surface area contributed by atoms with Crippen molar-refractivity contribution in [2.45, 2.75) is 64.3 Å². The second-order valence-electron chi connectivity index (χ2n) is 10.4. The van der Waals surface area contributed by atoms with Crippen LogP contribution in [0.2, 0.25) is 0 Å². The van der Waals surface area contributed by atoms with Crippen molar-refractivity contribution < 1.29 is 32.2 Å². The van der Waals surface area contributed by atoms with Gasteiger partial charge in [0.1, 0.15) is 22.9 Å². The largest absolute Gasteiger partial charge is 0.467 e. The number of piperidine rings is 1. The molecule has 2 aliphatic rings. The zero-order valence-electron chi connectivity index (χ0n) is 22.0. The Kier molecular flexibility index (Phi) is 8.15. The molecule has 1 aromatic heterocycles. The second kappa shape index (κ2) is 11.2. The number of carbonyl (C=O) groups is 1. The number of nitrogens with one attached hydrogen (secondary N) is 1. The molecule has 2 heterocycles. The van der Waals surface area contributed by atoms with Crippen LogP contribution in [-0.2, 0) is 22.1 Å². The van der Waals surface area contributed by atoms with Gasteiger partial charge in [0.05, 0.1) is 11.1 Å². The number of hydrogen-bond acceptors (Lipinski definition) is 7. The van der Waals surface area contributed by atoms with Crippen molar-refractivity contribution in [3.63, 3.8) is 0 Å². The number of benzene rings is 1. The van der Waals surface area contributed by atoms with Crippen molar-refractivity contribution in [3.05, 3.63) is 41.0 Å². The van der Waals surface area contributed by atoms with Gasteiger partial charge in [-0.1, -0.05) is 12.2 Å². The molecule has 1 aliphatic heterocycles. The molecule has 11 heteroatoms. The smallest absolute Gasteiger partial charge is 0.416 e. The van der Waals surface area contributed by atoms with E-state index < -0.39 is 17.3 Å². The molecule has 1 aliphatic carbocycles. The van der Waals surface area contributed by atoms with Gasteiger partial charge in [-0.15, -0.1) is 10.2 Å². The molecule has 38 heavy (non-hydrogen) atoms. The van der Waals surface area contributed by atoms with Crippen molar-refractivity contribution in [1.82, 2.24) is 15.1 Å². The number of carbonyl (C=O) groups excluding carboxylic acids is 1. The Hall–Kier alpha value is -3.34. The van der Waals surface area contributed by atoms with Crippen LogP contribution in [0.4, 0.5) is 23.8 Å². The summed E-state index contributed by atoms with van der Waals surface area (Å²) >= 11 is 0. The molecule has 1 amide bonds. The fraction of sp³-hybridized carbons (Fsp3) is 0.519. The highest BCUT2D eigenvalue weighted by atomic mass is 19.4. The predicted octanol–water partition coefficient (Wildman–Crippen LogP) is 5.92. The van der Waals surface area contributed by atoms with Crippen LogP contribution in [0.5, 0.6) is 5.75 Å². The fourth-order valence-corrected chi connectivity index (χ4v) is 4.57. The van der Waals surface area contributed by atoms with Gasteiger partial charge in [0.25, 0.3) is 0 Å². The summed E-state index contributed by atoms with van der Waals surface area (Å²) < 4.78 is 56.8. The molecule has 1 aromatic carbocycles. The number of amides is 1. The highest BCUT2D eigenvalue weighted by Crippen LogP contribution is 2.42. The number of aromatic nitrogens is 2. The standard InChI is InChI=1S/C27H33F3N4O4/c1-26(2,3)38-25(35)34-11-7-10-20(15-34)31-22-13-18-9-6-5-8-17-12-19(27(28,29)30)14-21(37-16-36-4)23(17)24(18)33-32-22/h5,8,12-14,20H,6-7,9-11,15-16H2,1-4H3,(H,31,32)/b8-5-/t20-/m1/s1. The zero-order chi connectivity index (χ0) is 27.5. The average Bonchev–Trinajstić information content (AvgIpc) is 2.82. The minimum atomic E-state index is -4.54. The Bertz CT molecular complexity index is 1190. The Morgan fingerprint density at radius 1 is 1.18 bits per heavy atom. The van der Waals surface area contributed by atoms with E-state index in [1.165, 1.54) is 7.11 Å². The van der Waals surface area contributed by atoms with Gasteiger partial charge in [-0.05, 0) is 75.8 Å². The van der Waals surface area contributed by atoms with E-state index in [0.29, 0.717) is 48.6 Å². The number of hydrogen-bond donors (Lipinski definition) is 1. The van der Waals surface area contributed by atoms with Crippen LogP contribution in [0, 0.1) is 0 Å². The number of allylic oxidation sites excluding steroid dienone is 1. The first-order chi connectivity index (χ1) is 17.9. The van der Waals surface area contributed by atoms with Crippen LogP contribution >= 0.6 is 0 Å². The number of alkyl halides is 3. The minimum absolute atomic E-state index is 0.0276. The Morgan fingerprint density at radius 2 is 1.97 bits per heavy atom. The first-order valence-electron chi connectivity index (χ1n) is 12.6. The molecule has 0 radical (unpaired) electrons. The zero-order valence-corrected chi connectivity index (χ0v) is 22.0. The minimum Gasteiger partial charge on any atom is -0.467 e. The molecule has 206 valence electrons. The lowest BCUT2D eigenvalue weighted by molar-refractivity contribution is -0.137. The van der Waals surface area contributed by atoms with Gasteiger partial charge in [0.2, 0.25) is 0 Å². The van der Waals surface area contributed by atoms with Crippen molar-refractivity contribution >= 4 is 18.0 Å². The fourth-order valence-electron chi connectivity index (χ4n) is 4.57. The molecule has 0 spiro atoms. The summed E-state index contributed by atoms with van der Waals surface area (Å²) in [5.41, 5.74) is 0.697. The molecule has 4 rings (SSSR count). The van der Waals surface area contributed by atoms with Gasteiger partial charge in [0.15, 0.2) is 6.79 Å². The predicted molar refractivity (Wildman–Crippen MR) is 137 cm³/mol. The number of aryl methyl sites for hydroxylation is 1. The molecule has 1 saturated heterocycles. The maximum absolute atomic E-state index is 13.6. The topological polar surface area (TPSA) is 85.8 Å². The van der Waals surface area contributed by atoms with Crippen molar-refractivity contribution in [3.8, 4) is 17.0 Å². The first kappa shape index (κ1) is 27.7. The van der Waals surface area contributed by atoms with Gasteiger partial charge in [-0.25, -0.2) is 4.79 Å². The molecule has 1 fully saturated rings. The summed E-state index contributed by atoms with van der Waals surface area (Å²) in [6, 6.07) is 3.90. The maximum atomic E-state index is 13.6. The molecular formula is C27H33F3N4O4. The van der Waals surface area contributed by atoms with E-state index in [4.69, 9.17) is 14.2 Å². The van der Waals surface area contributed by atoms with Crippen LogP contribution < -0.4 is 10.1 Å². The first-order valence-corrected chi connectivity index (χ1v) is 12.6. The summed E-state index contributed by atoms with van der Waals surface area (Å²) in [6.45, 7) is 6.38. The third-order valence-electron chi connectivity index (χ3n) is 6.20. The van der Waals surface area contributed by atoms with Gasteiger partial charge < -0.3 is 24.4 Å². The van der Waals surface area contributed by atoms with Crippen molar-refractivity contribution in [2.24, 2.45) is 0 Å². The van der Waals surface area contributed by atoms with E-state index in [-0.39, 0.29) is 24.7 Å². The number of rotatable bonds is 5. The molecule has 1 N–H and O–H groups in total. The van der Waals surface area contributed by atoms with Crippen LogP contribution in [0.25, 0.3) is 17.3 Å². The van der Waals surface area contributed by atoms with E-state index in [0.717, 1.165) is 30.5 Å². The Balaban J connectivity index is 1.62. The van der Waals surface area contributed by atoms with E-state index >= 15 is 0 Å². The lowest BCUT2D eigenvalue weighted by Gasteiger charge is -2.34. The Labute approximate surface area is 220 Å². The number of nitrogens with zero attached hydrogens (tertiary/aromatic N) is 3. The second-order valence-corrected chi connectivity index (χ2v) is 10.4. The number of fused-ring (bicyclic) bond motifs is 3. The lowest BCUT2D eigenvalue weighted by Crippen LogP contribution is -2.47. The number of halogens is 3. The van der Waals surface area contributed by atoms with Crippen molar-refractivity contribution in [2.75, 3.05) is 32.3 Å². The highest BCUT2D eigenvalue weighted by molar-refractivity contribution is 5.81. The van der Waals surface area contributed by atoms with Crippen LogP contribution in [-0.4, -0.2) is 59.8 Å². The lowest BCUT2D eigenvalue weighted by atomic mass is 9.92. The summed E-state index contributed by atoms with van der Waals surface area (Å²) in [4.78, 5) is 14.2. The maximum Gasteiger partial charge on any atom is 0.416 e. The number of ether oxygens (including phenoxy) is 3. The third-order valence-corrected chi connectivity index (χ3v) is 6.20. The molecule has 0 bridgehead atoms. The molecule has 0 saturated carbocycles. The molecular weight excluding hydrogens is 501 g/mol. The van der Waals surface area contributed by atoms with E-state index in [1.54, 1.807) is 11.0 Å². The number of anilines is 1. The summed E-state index contributed by atoms with van der Waals surface area (Å²) in [7, 11) is 1.40. The van der Waals surface area contributed by atoms with Gasteiger partial charge in [-0.2, -0.15) is 13.2 Å². The molecule has 1 atom stereocenters. The van der Waals surface area contributed by atoms with Crippen LogP contribution in [0.3, 0.4) is 0 Å². The molecule has 8 nitrogen and oxygen atoms in total.